The minimum atomic E-state index is 0.437. The summed E-state index contributed by atoms with van der Waals surface area (Å²) in [5.41, 5.74) is 1.98. The van der Waals surface area contributed by atoms with E-state index in [9.17, 15) is 0 Å². The number of aromatic nitrogens is 2. The molecule has 3 aromatic rings. The highest BCUT2D eigenvalue weighted by Crippen LogP contribution is 2.23. The molecule has 1 N–H and O–H groups in total. The van der Waals surface area contributed by atoms with Crippen molar-refractivity contribution in [3.63, 3.8) is 0 Å². The maximum atomic E-state index is 5.79. The molecule has 0 aliphatic carbocycles. The molecule has 2 heterocycles. The summed E-state index contributed by atoms with van der Waals surface area (Å²) >= 11 is 3.38. The topological polar surface area (TPSA) is 47.0 Å². The Balaban J connectivity index is 1.88. The highest BCUT2D eigenvalue weighted by molar-refractivity contribution is 9.10. The first-order valence-electron chi connectivity index (χ1n) is 6.56. The van der Waals surface area contributed by atoms with Crippen LogP contribution in [0.15, 0.2) is 53.3 Å². The maximum Gasteiger partial charge on any atom is 0.139 e. The smallest absolute Gasteiger partial charge is 0.139 e. The molecular weight excluding hydrogens is 330 g/mol. The highest BCUT2D eigenvalue weighted by Gasteiger charge is 2.07. The molecule has 0 saturated carbocycles. The molecule has 2 aromatic heterocycles. The predicted molar refractivity (Wildman–Crippen MR) is 87.6 cm³/mol. The standard InChI is InChI=1S/C16H14BrN3O/c1-18-16-12(6-11-4-2-3-5-15(11)20-16)10-21-14-7-13(17)8-19-9-14/h2-9H,10H2,1H3,(H,18,20). The van der Waals surface area contributed by atoms with Crippen molar-refractivity contribution in [1.29, 1.82) is 0 Å². The molecular formula is C16H14BrN3O. The Morgan fingerprint density at radius 2 is 2.05 bits per heavy atom. The lowest BCUT2D eigenvalue weighted by atomic mass is 10.1. The van der Waals surface area contributed by atoms with Crippen LogP contribution < -0.4 is 10.1 Å². The summed E-state index contributed by atoms with van der Waals surface area (Å²) in [4.78, 5) is 8.69. The number of nitrogens with one attached hydrogen (secondary N) is 1. The molecule has 3 rings (SSSR count). The molecule has 5 heteroatoms. The average Bonchev–Trinajstić information content (AvgIpc) is 2.52. The first-order valence-corrected chi connectivity index (χ1v) is 7.35. The van der Waals surface area contributed by atoms with Crippen molar-refractivity contribution in [3.05, 3.63) is 58.8 Å². The van der Waals surface area contributed by atoms with Gasteiger partial charge in [-0.2, -0.15) is 0 Å². The number of ether oxygens (including phenoxy) is 1. The van der Waals surface area contributed by atoms with Gasteiger partial charge >= 0.3 is 0 Å². The molecule has 0 bridgehead atoms. The van der Waals surface area contributed by atoms with Gasteiger partial charge in [0.1, 0.15) is 18.2 Å². The van der Waals surface area contributed by atoms with Crippen molar-refractivity contribution in [2.45, 2.75) is 6.61 Å². The highest BCUT2D eigenvalue weighted by atomic mass is 79.9. The summed E-state index contributed by atoms with van der Waals surface area (Å²) in [6.07, 6.45) is 3.42. The van der Waals surface area contributed by atoms with Gasteiger partial charge in [-0.05, 0) is 34.1 Å². The Bertz CT molecular complexity index is 776. The van der Waals surface area contributed by atoms with Gasteiger partial charge in [0.05, 0.1) is 11.7 Å². The molecule has 0 saturated heterocycles. The third kappa shape index (κ3) is 3.13. The third-order valence-electron chi connectivity index (χ3n) is 3.11. The maximum absolute atomic E-state index is 5.79. The number of rotatable bonds is 4. The number of hydrogen-bond acceptors (Lipinski definition) is 4. The van der Waals surface area contributed by atoms with E-state index in [2.05, 4.69) is 37.3 Å². The second-order valence-electron chi connectivity index (χ2n) is 4.57. The van der Waals surface area contributed by atoms with Gasteiger partial charge in [0.25, 0.3) is 0 Å². The summed E-state index contributed by atoms with van der Waals surface area (Å²) in [6.45, 7) is 0.437. The number of benzene rings is 1. The van der Waals surface area contributed by atoms with Gasteiger partial charge in [-0.3, -0.25) is 4.98 Å². The minimum Gasteiger partial charge on any atom is -0.487 e. The van der Waals surface area contributed by atoms with Crippen molar-refractivity contribution < 1.29 is 4.74 Å². The van der Waals surface area contributed by atoms with E-state index in [0.717, 1.165) is 32.5 Å². The van der Waals surface area contributed by atoms with Gasteiger partial charge in [-0.1, -0.05) is 18.2 Å². The van der Waals surface area contributed by atoms with Crippen LogP contribution in [0.2, 0.25) is 0 Å². The van der Waals surface area contributed by atoms with Crippen LogP contribution in [0.25, 0.3) is 10.9 Å². The van der Waals surface area contributed by atoms with Gasteiger partial charge in [0.2, 0.25) is 0 Å². The number of nitrogens with zero attached hydrogens (tertiary/aromatic N) is 2. The van der Waals surface area contributed by atoms with Gasteiger partial charge in [-0.15, -0.1) is 0 Å². The molecule has 0 aliphatic heterocycles. The lowest BCUT2D eigenvalue weighted by molar-refractivity contribution is 0.305. The van der Waals surface area contributed by atoms with Crippen LogP contribution in [-0.4, -0.2) is 17.0 Å². The molecule has 0 atom stereocenters. The van der Waals surface area contributed by atoms with E-state index in [4.69, 9.17) is 4.74 Å². The molecule has 0 spiro atoms. The Hall–Kier alpha value is -2.14. The van der Waals surface area contributed by atoms with E-state index in [0.29, 0.717) is 6.61 Å². The number of fused-ring (bicyclic) bond motifs is 1. The zero-order chi connectivity index (χ0) is 14.7. The summed E-state index contributed by atoms with van der Waals surface area (Å²) in [7, 11) is 1.86. The molecule has 0 aliphatic rings. The van der Waals surface area contributed by atoms with E-state index < -0.39 is 0 Å². The Morgan fingerprint density at radius 1 is 1.19 bits per heavy atom. The fourth-order valence-electron chi connectivity index (χ4n) is 2.12. The summed E-state index contributed by atoms with van der Waals surface area (Å²) in [5, 5.41) is 4.22. The van der Waals surface area contributed by atoms with Crippen LogP contribution in [0.3, 0.4) is 0 Å². The normalized spacial score (nSPS) is 10.6. The van der Waals surface area contributed by atoms with Crippen molar-refractivity contribution in [2.24, 2.45) is 0 Å². The molecule has 0 fully saturated rings. The Morgan fingerprint density at radius 3 is 2.86 bits per heavy atom. The van der Waals surface area contributed by atoms with E-state index in [1.807, 2.05) is 37.4 Å². The largest absolute Gasteiger partial charge is 0.487 e. The van der Waals surface area contributed by atoms with E-state index in [1.54, 1.807) is 12.4 Å². The first-order chi connectivity index (χ1) is 10.3. The zero-order valence-corrected chi connectivity index (χ0v) is 13.1. The Labute approximate surface area is 131 Å². The molecule has 106 valence electrons. The van der Waals surface area contributed by atoms with Gasteiger partial charge in [0, 0.05) is 28.7 Å². The fourth-order valence-corrected chi connectivity index (χ4v) is 2.46. The number of para-hydroxylation sites is 1. The van der Waals surface area contributed by atoms with Crippen LogP contribution in [0, 0.1) is 0 Å². The van der Waals surface area contributed by atoms with Gasteiger partial charge in [-0.25, -0.2) is 4.98 Å². The average molecular weight is 344 g/mol. The number of pyridine rings is 2. The SMILES string of the molecule is CNc1nc2ccccc2cc1COc1cncc(Br)c1. The monoisotopic (exact) mass is 343 g/mol. The summed E-state index contributed by atoms with van der Waals surface area (Å²) in [6, 6.07) is 12.0. The number of anilines is 1. The fraction of sp³-hybridized carbons (Fsp3) is 0.125. The molecule has 0 unspecified atom stereocenters. The van der Waals surface area contributed by atoms with Crippen molar-refractivity contribution in [3.8, 4) is 5.75 Å². The van der Waals surface area contributed by atoms with Crippen molar-refractivity contribution >= 4 is 32.7 Å². The lowest BCUT2D eigenvalue weighted by Crippen LogP contribution is -2.03. The van der Waals surface area contributed by atoms with Crippen molar-refractivity contribution in [1.82, 2.24) is 9.97 Å². The van der Waals surface area contributed by atoms with Crippen LogP contribution >= 0.6 is 15.9 Å². The first kappa shape index (κ1) is 13.8. The second kappa shape index (κ2) is 6.10. The summed E-state index contributed by atoms with van der Waals surface area (Å²) in [5.74, 6) is 1.55. The zero-order valence-electron chi connectivity index (χ0n) is 11.5. The minimum absolute atomic E-state index is 0.437. The van der Waals surface area contributed by atoms with Crippen LogP contribution in [0.4, 0.5) is 5.82 Å². The number of hydrogen-bond donors (Lipinski definition) is 1. The third-order valence-corrected chi connectivity index (χ3v) is 3.55. The van der Waals surface area contributed by atoms with E-state index in [1.165, 1.54) is 0 Å². The lowest BCUT2D eigenvalue weighted by Gasteiger charge is -2.11. The summed E-state index contributed by atoms with van der Waals surface area (Å²) < 4.78 is 6.69. The predicted octanol–water partition coefficient (Wildman–Crippen LogP) is 4.01. The van der Waals surface area contributed by atoms with Crippen LogP contribution in [0.5, 0.6) is 5.75 Å². The van der Waals surface area contributed by atoms with Gasteiger partial charge < -0.3 is 10.1 Å². The van der Waals surface area contributed by atoms with E-state index in [-0.39, 0.29) is 0 Å². The van der Waals surface area contributed by atoms with E-state index >= 15 is 0 Å². The number of halogens is 1. The van der Waals surface area contributed by atoms with Gasteiger partial charge in [0.15, 0.2) is 0 Å². The quantitative estimate of drug-likeness (QED) is 0.777. The molecule has 4 nitrogen and oxygen atoms in total. The molecule has 1 aromatic carbocycles. The Kier molecular flexibility index (Phi) is 4.01. The molecule has 0 radical (unpaired) electrons. The molecule has 21 heavy (non-hydrogen) atoms. The van der Waals surface area contributed by atoms with Crippen LogP contribution in [-0.2, 0) is 6.61 Å². The molecule has 0 amide bonds. The second-order valence-corrected chi connectivity index (χ2v) is 5.48. The van der Waals surface area contributed by atoms with Crippen LogP contribution in [0.1, 0.15) is 5.56 Å². The van der Waals surface area contributed by atoms with Crippen molar-refractivity contribution in [2.75, 3.05) is 12.4 Å².